The molecule has 0 aliphatic rings. The van der Waals surface area contributed by atoms with Crippen molar-refractivity contribution < 1.29 is 19.4 Å². The summed E-state index contributed by atoms with van der Waals surface area (Å²) >= 11 is 0. The number of hydrogen-bond acceptors (Lipinski definition) is 6. The van der Waals surface area contributed by atoms with Crippen LogP contribution in [0.3, 0.4) is 0 Å². The van der Waals surface area contributed by atoms with E-state index < -0.39 is 5.97 Å². The van der Waals surface area contributed by atoms with Crippen LogP contribution in [0, 0.1) is 0 Å². The Morgan fingerprint density at radius 3 is 2.57 bits per heavy atom. The highest BCUT2D eigenvalue weighted by atomic mass is 16.5. The summed E-state index contributed by atoms with van der Waals surface area (Å²) in [5.41, 5.74) is 3.07. The molecule has 152 valence electrons. The molecule has 2 heterocycles. The van der Waals surface area contributed by atoms with E-state index in [-0.39, 0.29) is 19.0 Å². The fourth-order valence-electron chi connectivity index (χ4n) is 3.46. The zero-order valence-corrected chi connectivity index (χ0v) is 16.7. The molecule has 7 heteroatoms. The van der Waals surface area contributed by atoms with E-state index >= 15 is 0 Å². The van der Waals surface area contributed by atoms with Crippen LogP contribution in [-0.4, -0.2) is 32.2 Å². The van der Waals surface area contributed by atoms with Gasteiger partial charge in [0.25, 0.3) is 0 Å². The number of aryl methyl sites for hydroxylation is 1. The Labute approximate surface area is 173 Å². The first-order chi connectivity index (χ1) is 14.6. The summed E-state index contributed by atoms with van der Waals surface area (Å²) in [6.07, 6.45) is 4.69. The lowest BCUT2D eigenvalue weighted by Gasteiger charge is -2.10. The quantitative estimate of drug-likeness (QED) is 0.488. The number of esters is 1. The highest BCUT2D eigenvalue weighted by molar-refractivity contribution is 6.07. The van der Waals surface area contributed by atoms with Crippen molar-refractivity contribution in [3.63, 3.8) is 0 Å². The van der Waals surface area contributed by atoms with E-state index in [2.05, 4.69) is 9.97 Å². The molecule has 0 spiro atoms. The Morgan fingerprint density at radius 2 is 1.87 bits per heavy atom. The summed E-state index contributed by atoms with van der Waals surface area (Å²) in [7, 11) is 1.86. The molecule has 1 N–H and O–H groups in total. The number of nitrogens with zero attached hydrogens (tertiary/aromatic N) is 3. The smallest absolute Gasteiger partial charge is 0.340 e. The molecule has 2 aromatic heterocycles. The summed E-state index contributed by atoms with van der Waals surface area (Å²) in [4.78, 5) is 20.8. The normalized spacial score (nSPS) is 10.9. The monoisotopic (exact) mass is 403 g/mol. The van der Waals surface area contributed by atoms with Gasteiger partial charge >= 0.3 is 5.97 Å². The number of aromatic hydroxyl groups is 1. The molecule has 0 saturated carbocycles. The van der Waals surface area contributed by atoms with Crippen molar-refractivity contribution in [3.05, 3.63) is 72.4 Å². The molecule has 30 heavy (non-hydrogen) atoms. The van der Waals surface area contributed by atoms with Crippen LogP contribution in [0.25, 0.3) is 22.0 Å². The van der Waals surface area contributed by atoms with Gasteiger partial charge in [0.1, 0.15) is 24.4 Å². The van der Waals surface area contributed by atoms with E-state index in [9.17, 15) is 9.90 Å². The Kier molecular flexibility index (Phi) is 5.34. The number of para-hydroxylation sites is 1. The van der Waals surface area contributed by atoms with Gasteiger partial charge in [0, 0.05) is 41.5 Å². The van der Waals surface area contributed by atoms with Crippen molar-refractivity contribution in [2.75, 3.05) is 6.61 Å². The average molecular weight is 403 g/mol. The third kappa shape index (κ3) is 3.57. The van der Waals surface area contributed by atoms with Gasteiger partial charge in [-0.3, -0.25) is 0 Å². The van der Waals surface area contributed by atoms with Crippen LogP contribution in [0.2, 0.25) is 0 Å². The standard InChI is InChI=1S/C23H21N3O4/c1-3-29-23(28)22-18-10-21(27)17(15-11-24-14-25-12-15)9-19(18)26(2)20(22)13-30-16-7-5-4-6-8-16/h4-12,14,27H,3,13H2,1-2H3. The molecule has 4 rings (SSSR count). The second-order valence-electron chi connectivity index (χ2n) is 6.72. The number of ether oxygens (including phenoxy) is 2. The van der Waals surface area contributed by atoms with E-state index in [1.54, 1.807) is 25.4 Å². The third-order valence-corrected chi connectivity index (χ3v) is 4.91. The van der Waals surface area contributed by atoms with Crippen molar-refractivity contribution in [1.82, 2.24) is 14.5 Å². The molecule has 0 fully saturated rings. The van der Waals surface area contributed by atoms with Crippen LogP contribution in [-0.2, 0) is 18.4 Å². The van der Waals surface area contributed by atoms with Gasteiger partial charge < -0.3 is 19.1 Å². The van der Waals surface area contributed by atoms with Gasteiger partial charge in [-0.05, 0) is 31.2 Å². The minimum absolute atomic E-state index is 0.0315. The summed E-state index contributed by atoms with van der Waals surface area (Å²) in [5.74, 6) is 0.275. The third-order valence-electron chi connectivity index (χ3n) is 4.91. The fraction of sp³-hybridized carbons (Fsp3) is 0.174. The Bertz CT molecular complexity index is 1190. The molecule has 2 aromatic carbocycles. The number of phenols is 1. The zero-order chi connectivity index (χ0) is 21.1. The number of benzene rings is 2. The van der Waals surface area contributed by atoms with E-state index in [1.165, 1.54) is 6.33 Å². The molecule has 0 unspecified atom stereocenters. The maximum Gasteiger partial charge on any atom is 0.340 e. The highest BCUT2D eigenvalue weighted by Crippen LogP contribution is 2.37. The molecule has 0 atom stereocenters. The molecule has 0 aliphatic heterocycles. The maximum absolute atomic E-state index is 12.8. The minimum Gasteiger partial charge on any atom is -0.507 e. The van der Waals surface area contributed by atoms with Crippen LogP contribution in [0.15, 0.2) is 61.2 Å². The number of hydrogen-bond donors (Lipinski definition) is 1. The summed E-state index contributed by atoms with van der Waals surface area (Å²) in [5, 5.41) is 11.3. The number of carbonyl (C=O) groups excluding carboxylic acids is 1. The van der Waals surface area contributed by atoms with Crippen LogP contribution in [0.1, 0.15) is 23.0 Å². The van der Waals surface area contributed by atoms with E-state index in [0.717, 1.165) is 5.52 Å². The molecular weight excluding hydrogens is 382 g/mol. The second-order valence-corrected chi connectivity index (χ2v) is 6.72. The summed E-state index contributed by atoms with van der Waals surface area (Å²) in [6, 6.07) is 12.8. The van der Waals surface area contributed by atoms with Crippen molar-refractivity contribution >= 4 is 16.9 Å². The number of rotatable bonds is 6. The van der Waals surface area contributed by atoms with E-state index in [4.69, 9.17) is 9.47 Å². The predicted molar refractivity (Wildman–Crippen MR) is 112 cm³/mol. The van der Waals surface area contributed by atoms with Gasteiger partial charge in [0.05, 0.1) is 17.9 Å². The number of phenolic OH excluding ortho intramolecular Hbond substituents is 1. The lowest BCUT2D eigenvalue weighted by Crippen LogP contribution is -2.11. The molecule has 0 saturated heterocycles. The summed E-state index contributed by atoms with van der Waals surface area (Å²) in [6.45, 7) is 2.18. The SMILES string of the molecule is CCOC(=O)c1c(COc2ccccc2)n(C)c2cc(-c3cncnc3)c(O)cc12. The van der Waals surface area contributed by atoms with E-state index in [0.29, 0.717) is 33.5 Å². The minimum atomic E-state index is -0.454. The van der Waals surface area contributed by atoms with Crippen LogP contribution < -0.4 is 4.74 Å². The van der Waals surface area contributed by atoms with Gasteiger partial charge in [0.2, 0.25) is 0 Å². The van der Waals surface area contributed by atoms with Crippen molar-refractivity contribution in [3.8, 4) is 22.6 Å². The Balaban J connectivity index is 1.85. The predicted octanol–water partition coefficient (Wildman–Crippen LogP) is 4.10. The fourth-order valence-corrected chi connectivity index (χ4v) is 3.46. The van der Waals surface area contributed by atoms with E-state index in [1.807, 2.05) is 48.0 Å². The van der Waals surface area contributed by atoms with Crippen LogP contribution in [0.5, 0.6) is 11.5 Å². The topological polar surface area (TPSA) is 86.5 Å². The largest absolute Gasteiger partial charge is 0.507 e. The van der Waals surface area contributed by atoms with Gasteiger partial charge in [-0.15, -0.1) is 0 Å². The molecule has 0 bridgehead atoms. The van der Waals surface area contributed by atoms with Crippen molar-refractivity contribution in [2.24, 2.45) is 7.05 Å². The van der Waals surface area contributed by atoms with Gasteiger partial charge in [-0.1, -0.05) is 18.2 Å². The molecule has 0 aliphatic carbocycles. The number of fused-ring (bicyclic) bond motifs is 1. The molecule has 0 radical (unpaired) electrons. The number of aromatic nitrogens is 3. The molecule has 0 amide bonds. The second kappa shape index (κ2) is 8.24. The lowest BCUT2D eigenvalue weighted by molar-refractivity contribution is 0.0525. The number of carbonyl (C=O) groups is 1. The highest BCUT2D eigenvalue weighted by Gasteiger charge is 2.24. The average Bonchev–Trinajstić information content (AvgIpc) is 3.04. The summed E-state index contributed by atoms with van der Waals surface area (Å²) < 4.78 is 13.1. The Morgan fingerprint density at radius 1 is 1.13 bits per heavy atom. The van der Waals surface area contributed by atoms with Crippen molar-refractivity contribution in [1.29, 1.82) is 0 Å². The van der Waals surface area contributed by atoms with Gasteiger partial charge in [-0.25, -0.2) is 14.8 Å². The first kappa shape index (κ1) is 19.4. The van der Waals surface area contributed by atoms with Gasteiger partial charge in [-0.2, -0.15) is 0 Å². The van der Waals surface area contributed by atoms with Gasteiger partial charge in [0.15, 0.2) is 0 Å². The first-order valence-corrected chi connectivity index (χ1v) is 9.54. The zero-order valence-electron chi connectivity index (χ0n) is 16.7. The maximum atomic E-state index is 12.8. The molecule has 7 nitrogen and oxygen atoms in total. The molecule has 4 aromatic rings. The Hall–Kier alpha value is -3.87. The van der Waals surface area contributed by atoms with Crippen LogP contribution in [0.4, 0.5) is 0 Å². The lowest BCUT2D eigenvalue weighted by atomic mass is 10.0. The molecular formula is C23H21N3O4. The first-order valence-electron chi connectivity index (χ1n) is 9.54. The van der Waals surface area contributed by atoms with Crippen molar-refractivity contribution in [2.45, 2.75) is 13.5 Å². The van der Waals surface area contributed by atoms with Crippen LogP contribution >= 0.6 is 0 Å².